The number of aliphatic carboxylic acids is 1. The van der Waals surface area contributed by atoms with E-state index in [4.69, 9.17) is 19.9 Å². The van der Waals surface area contributed by atoms with Gasteiger partial charge in [0.2, 0.25) is 0 Å². The SMILES string of the molecule is C[n+]1ccc2cc(OCC(O/N=C(\C(=O)N[C@@H]3C(=O)N(OS(=O)(=O)O)C3(C)C)c3csc(N)n3)C(=O)O)ccc2c1NC1CNC1. The van der Waals surface area contributed by atoms with Gasteiger partial charge in [-0.3, -0.25) is 19.5 Å². The third-order valence-corrected chi connectivity index (χ3v) is 8.29. The topological polar surface area (TPSA) is 248 Å². The molecule has 1 aromatic carbocycles. The first-order valence-corrected chi connectivity index (χ1v) is 15.9. The Kier molecular flexibility index (Phi) is 9.00. The van der Waals surface area contributed by atoms with Crippen LogP contribution in [0, 0.1) is 0 Å². The maximum atomic E-state index is 13.2. The van der Waals surface area contributed by atoms with Crippen LogP contribution in [0.2, 0.25) is 0 Å². The molecule has 0 bridgehead atoms. The summed E-state index contributed by atoms with van der Waals surface area (Å²) < 4.78 is 43.1. The van der Waals surface area contributed by atoms with E-state index in [9.17, 15) is 27.9 Å². The van der Waals surface area contributed by atoms with Crippen molar-refractivity contribution in [2.45, 2.75) is 37.6 Å². The van der Waals surface area contributed by atoms with Gasteiger partial charge in [-0.05, 0) is 43.5 Å². The summed E-state index contributed by atoms with van der Waals surface area (Å²) in [6, 6.07) is 6.19. The van der Waals surface area contributed by atoms with Gasteiger partial charge in [0.25, 0.3) is 23.7 Å². The number of nitrogen functional groups attached to an aromatic ring is 1. The van der Waals surface area contributed by atoms with E-state index in [1.807, 2.05) is 29.9 Å². The fraction of sp³-hybridized carbons (Fsp3) is 0.385. The van der Waals surface area contributed by atoms with Crippen molar-refractivity contribution in [1.29, 1.82) is 0 Å². The Bertz CT molecular complexity index is 1830. The Morgan fingerprint density at radius 1 is 1.33 bits per heavy atom. The summed E-state index contributed by atoms with van der Waals surface area (Å²) in [6.07, 6.45) is 0.222. The number of thiazole rings is 1. The number of ether oxygens (including phenoxy) is 1. The van der Waals surface area contributed by atoms with Crippen LogP contribution in [0.4, 0.5) is 10.9 Å². The number of nitrogens with two attached hydrogens (primary N) is 1. The molecule has 2 aliphatic heterocycles. The number of aromatic nitrogens is 2. The lowest BCUT2D eigenvalue weighted by atomic mass is 9.84. The number of carboxylic acid groups (broad SMARTS) is 1. The van der Waals surface area contributed by atoms with Gasteiger partial charge in [-0.15, -0.1) is 15.6 Å². The molecule has 2 amide bonds. The van der Waals surface area contributed by atoms with Crippen LogP contribution in [0.5, 0.6) is 5.75 Å². The smallest absolute Gasteiger partial charge is 0.418 e. The number of hydrogen-bond donors (Lipinski definition) is 6. The lowest BCUT2D eigenvalue weighted by Gasteiger charge is -2.50. The summed E-state index contributed by atoms with van der Waals surface area (Å²) in [4.78, 5) is 47.0. The van der Waals surface area contributed by atoms with Crippen molar-refractivity contribution in [2.24, 2.45) is 12.2 Å². The van der Waals surface area contributed by atoms with E-state index in [0.29, 0.717) is 16.9 Å². The zero-order valence-electron chi connectivity index (χ0n) is 24.7. The molecule has 46 heavy (non-hydrogen) atoms. The number of carboxylic acids is 1. The number of pyridine rings is 1. The highest BCUT2D eigenvalue weighted by Crippen LogP contribution is 2.33. The summed E-state index contributed by atoms with van der Waals surface area (Å²) in [6.45, 7) is 3.96. The summed E-state index contributed by atoms with van der Waals surface area (Å²) >= 11 is 0.965. The minimum atomic E-state index is -5.01. The van der Waals surface area contributed by atoms with Gasteiger partial charge in [-0.1, -0.05) is 5.16 Å². The second-order valence-corrected chi connectivity index (χ2v) is 12.9. The van der Waals surface area contributed by atoms with Gasteiger partial charge in [-0.25, -0.2) is 14.3 Å². The third-order valence-electron chi connectivity index (χ3n) is 7.28. The normalized spacial score (nSPS) is 18.8. The number of anilines is 2. The van der Waals surface area contributed by atoms with Crippen LogP contribution in [0.1, 0.15) is 19.5 Å². The van der Waals surface area contributed by atoms with Gasteiger partial charge in [0.1, 0.15) is 30.1 Å². The molecule has 2 aromatic heterocycles. The average molecular weight is 680 g/mol. The molecule has 0 spiro atoms. The number of β-lactam (4-membered cyclic amide) rings is 1. The van der Waals surface area contributed by atoms with Gasteiger partial charge >= 0.3 is 16.4 Å². The Balaban J connectivity index is 1.30. The highest BCUT2D eigenvalue weighted by molar-refractivity contribution is 7.80. The highest BCUT2D eigenvalue weighted by Gasteiger charge is 2.58. The number of carbonyl (C=O) groups excluding carboxylic acids is 2. The molecule has 0 aliphatic carbocycles. The lowest BCUT2D eigenvalue weighted by Crippen LogP contribution is -2.76. The summed E-state index contributed by atoms with van der Waals surface area (Å²) in [5.41, 5.74) is 3.69. The zero-order valence-corrected chi connectivity index (χ0v) is 26.3. The second-order valence-electron chi connectivity index (χ2n) is 11.0. The fourth-order valence-corrected chi connectivity index (χ4v) is 5.66. The number of hydroxylamine groups is 2. The summed E-state index contributed by atoms with van der Waals surface area (Å²) in [7, 11) is -3.08. The summed E-state index contributed by atoms with van der Waals surface area (Å²) in [5, 5.41) is 26.2. The Morgan fingerprint density at radius 2 is 2.07 bits per heavy atom. The summed E-state index contributed by atoms with van der Waals surface area (Å²) in [5.74, 6) is -2.15. The molecule has 18 nitrogen and oxygen atoms in total. The maximum Gasteiger partial charge on any atom is 0.418 e. The Hall–Kier alpha value is -4.63. The number of oxime groups is 1. The molecule has 246 valence electrons. The fourth-order valence-electron chi connectivity index (χ4n) is 4.66. The largest absolute Gasteiger partial charge is 0.489 e. The predicted molar refractivity (Wildman–Crippen MR) is 162 cm³/mol. The third kappa shape index (κ3) is 6.94. The van der Waals surface area contributed by atoms with E-state index in [2.05, 4.69) is 30.4 Å². The minimum Gasteiger partial charge on any atom is -0.489 e. The lowest BCUT2D eigenvalue weighted by molar-refractivity contribution is -0.656. The van der Waals surface area contributed by atoms with Crippen molar-refractivity contribution >= 4 is 67.0 Å². The number of amides is 2. The average Bonchev–Trinajstić information content (AvgIpc) is 3.39. The van der Waals surface area contributed by atoms with Crippen molar-refractivity contribution < 1.29 is 50.9 Å². The number of carbonyl (C=O) groups is 3. The van der Waals surface area contributed by atoms with E-state index in [1.54, 1.807) is 12.1 Å². The van der Waals surface area contributed by atoms with Crippen molar-refractivity contribution in [3.63, 3.8) is 0 Å². The first-order valence-electron chi connectivity index (χ1n) is 13.7. The number of nitrogens with one attached hydrogen (secondary N) is 3. The van der Waals surface area contributed by atoms with Crippen LogP contribution in [0.25, 0.3) is 10.8 Å². The van der Waals surface area contributed by atoms with Crippen molar-refractivity contribution in [2.75, 3.05) is 30.7 Å². The Morgan fingerprint density at radius 3 is 2.65 bits per heavy atom. The van der Waals surface area contributed by atoms with Crippen LogP contribution in [0.3, 0.4) is 0 Å². The molecule has 2 aliphatic rings. The molecule has 4 heterocycles. The van der Waals surface area contributed by atoms with Crippen molar-refractivity contribution in [3.05, 3.63) is 41.5 Å². The van der Waals surface area contributed by atoms with Crippen LogP contribution in [-0.2, 0) is 41.0 Å². The Labute approximate surface area is 266 Å². The van der Waals surface area contributed by atoms with Crippen LogP contribution >= 0.6 is 11.3 Å². The van der Waals surface area contributed by atoms with Crippen molar-refractivity contribution in [1.82, 2.24) is 20.7 Å². The zero-order chi connectivity index (χ0) is 33.4. The quantitative estimate of drug-likeness (QED) is 0.0425. The van der Waals surface area contributed by atoms with E-state index in [1.165, 1.54) is 19.2 Å². The number of nitrogens with zero attached hydrogens (tertiary/aromatic N) is 4. The molecule has 3 aromatic rings. The molecule has 0 saturated carbocycles. The molecular formula is C26H31N8O10S2+. The standard InChI is InChI=1S/C26H30N8O10S2/c1-26(2)20(23(36)34(26)44-46(39,40)41)31-22(35)19(17-12-45-25(27)30-17)32-43-18(24(37)38)11-42-15-4-5-16-13(8-15)6-7-33(3)21(16)29-14-9-28-10-14/h4-8,12,14,18,20,28H,9-11H2,1-3H3,(H5,27,30,31,35,37,38,39,40,41)/p+1/b32-19-/t18?,20-/m1/s1. The van der Waals surface area contributed by atoms with E-state index >= 15 is 0 Å². The first kappa shape index (κ1) is 32.8. The number of aryl methyl sites for hydroxylation is 1. The second kappa shape index (κ2) is 12.6. The molecule has 2 atom stereocenters. The monoisotopic (exact) mass is 679 g/mol. The number of benzene rings is 1. The van der Waals surface area contributed by atoms with E-state index in [-0.39, 0.29) is 10.8 Å². The van der Waals surface area contributed by atoms with E-state index in [0.717, 1.165) is 41.0 Å². The van der Waals surface area contributed by atoms with Gasteiger partial charge in [0, 0.05) is 18.5 Å². The molecule has 5 rings (SSSR count). The molecule has 2 fully saturated rings. The molecular weight excluding hydrogens is 648 g/mol. The van der Waals surface area contributed by atoms with Crippen molar-refractivity contribution in [3.8, 4) is 5.75 Å². The number of rotatable bonds is 13. The van der Waals surface area contributed by atoms with Gasteiger partial charge in [0.05, 0.1) is 24.2 Å². The van der Waals surface area contributed by atoms with Gasteiger partial charge in [0.15, 0.2) is 10.8 Å². The number of hydrogen-bond acceptors (Lipinski definition) is 14. The predicted octanol–water partition coefficient (Wildman–Crippen LogP) is -0.820. The van der Waals surface area contributed by atoms with Gasteiger partial charge in [-0.2, -0.15) is 13.5 Å². The molecule has 20 heteroatoms. The molecule has 1 unspecified atom stereocenters. The molecule has 0 radical (unpaired) electrons. The van der Waals surface area contributed by atoms with Crippen LogP contribution < -0.4 is 31.0 Å². The molecule has 2 saturated heterocycles. The first-order chi connectivity index (χ1) is 21.6. The van der Waals surface area contributed by atoms with Gasteiger partial charge < -0.3 is 31.0 Å². The highest BCUT2D eigenvalue weighted by atomic mass is 32.3. The van der Waals surface area contributed by atoms with E-state index < -0.39 is 58.2 Å². The molecule has 7 N–H and O–H groups in total. The number of fused-ring (bicyclic) bond motifs is 1. The van der Waals surface area contributed by atoms with Crippen LogP contribution in [0.15, 0.2) is 41.0 Å². The minimum absolute atomic E-state index is 0.0639. The van der Waals surface area contributed by atoms with Crippen LogP contribution in [-0.4, -0.2) is 95.0 Å². The maximum absolute atomic E-state index is 13.2.